The van der Waals surface area contributed by atoms with Crippen molar-refractivity contribution in [3.63, 3.8) is 0 Å². The third-order valence-corrected chi connectivity index (χ3v) is 23.8. The Kier molecular flexibility index (Phi) is 12.0. The lowest BCUT2D eigenvalue weighted by molar-refractivity contribution is 0.0413. The Morgan fingerprint density at radius 3 is 1.59 bits per heavy atom. The fourth-order valence-corrected chi connectivity index (χ4v) is 23.0. The van der Waals surface area contributed by atoms with Crippen LogP contribution < -0.4 is 0 Å². The molecule has 6 aliphatic carbocycles. The normalized spacial score (nSPS) is 45.4. The van der Waals surface area contributed by atoms with Crippen molar-refractivity contribution in [3.05, 3.63) is 0 Å². The second-order valence-electron chi connectivity index (χ2n) is 23.4. The summed E-state index contributed by atoms with van der Waals surface area (Å²) in [5, 5.41) is 0. The predicted molar refractivity (Wildman–Crippen MR) is 219 cm³/mol. The highest BCUT2D eigenvalue weighted by Crippen LogP contribution is 2.70. The second kappa shape index (κ2) is 15.2. The van der Waals surface area contributed by atoms with Gasteiger partial charge in [0.2, 0.25) is 0 Å². The molecule has 0 aromatic heterocycles. The second-order valence-corrected chi connectivity index (χ2v) is 28.4. The van der Waals surface area contributed by atoms with E-state index >= 15 is 0 Å². The van der Waals surface area contributed by atoms with Crippen molar-refractivity contribution in [2.24, 2.45) is 93.7 Å². The summed E-state index contributed by atoms with van der Waals surface area (Å²) >= 11 is 0. The summed E-state index contributed by atoms with van der Waals surface area (Å²) in [6.07, 6.45) is 27.8. The van der Waals surface area contributed by atoms with Gasteiger partial charge in [0.1, 0.15) is 0 Å². The minimum atomic E-state index is -1.55. The van der Waals surface area contributed by atoms with Gasteiger partial charge in [0.25, 0.3) is 0 Å². The van der Waals surface area contributed by atoms with Crippen LogP contribution in [0.15, 0.2) is 0 Å². The van der Waals surface area contributed by atoms with Crippen LogP contribution in [0.3, 0.4) is 0 Å². The zero-order valence-corrected chi connectivity index (χ0v) is 36.5. The average molecular weight is 693 g/mol. The van der Waals surface area contributed by atoms with E-state index in [1.807, 2.05) is 0 Å². The van der Waals surface area contributed by atoms with Crippen LogP contribution >= 0.6 is 0 Å². The minimum absolute atomic E-state index is 0.502. The molecular weight excluding hydrogens is 605 g/mol. The number of hydrogen-bond acceptors (Lipinski definition) is 0. The maximum atomic E-state index is 3.03. The lowest BCUT2D eigenvalue weighted by Gasteiger charge is -2.51. The molecule has 6 fully saturated rings. The molecule has 284 valence electrons. The number of hydrogen-bond donors (Lipinski definition) is 0. The van der Waals surface area contributed by atoms with Gasteiger partial charge < -0.3 is 0 Å². The minimum Gasteiger partial charge on any atom is -0.0689 e. The van der Waals surface area contributed by atoms with Gasteiger partial charge in [-0.25, -0.2) is 0 Å². The molecule has 6 aliphatic rings. The number of rotatable bonds is 8. The molecule has 0 spiro atoms. The van der Waals surface area contributed by atoms with Gasteiger partial charge in [0, 0.05) is 0 Å². The highest BCUT2D eigenvalue weighted by atomic mass is 28.3. The Bertz CT molecular complexity index is 1040. The van der Waals surface area contributed by atoms with Crippen LogP contribution in [0.5, 0.6) is 0 Å². The fraction of sp³-hybridized carbons (Fsp3) is 1.00. The molecule has 0 radical (unpaired) electrons. The molecule has 0 nitrogen and oxygen atoms in total. The molecule has 0 bridgehead atoms. The Morgan fingerprint density at radius 1 is 0.592 bits per heavy atom. The standard InChI is InChI=1S/C48H88Si/c1-13-14-17-37-32(4)45(41-21-16-19-39(44(37)41)34-24-28-36(29-25-34)48(8,9)10)49(11,12)46-40-20-15-18-38(43(40)30-42(46)31(2)3)33-22-26-35(27-23-33)47(5,6)7/h31-46H,13-30H2,1-12H3. The molecule has 1 heteroatoms. The van der Waals surface area contributed by atoms with E-state index in [0.29, 0.717) is 10.8 Å². The van der Waals surface area contributed by atoms with Crippen LogP contribution in [-0.2, 0) is 0 Å². The van der Waals surface area contributed by atoms with Crippen molar-refractivity contribution in [2.45, 2.75) is 209 Å². The Hall–Kier alpha value is 0.217. The summed E-state index contributed by atoms with van der Waals surface area (Å²) in [7, 11) is -1.55. The molecule has 11 atom stereocenters. The molecule has 6 saturated carbocycles. The van der Waals surface area contributed by atoms with E-state index in [2.05, 4.69) is 82.3 Å². The summed E-state index contributed by atoms with van der Waals surface area (Å²) in [6, 6.07) is 0. The van der Waals surface area contributed by atoms with E-state index in [1.165, 1.54) is 38.5 Å². The van der Waals surface area contributed by atoms with Gasteiger partial charge in [0.15, 0.2) is 0 Å². The zero-order valence-electron chi connectivity index (χ0n) is 35.5. The van der Waals surface area contributed by atoms with Crippen LogP contribution in [-0.4, -0.2) is 8.07 Å². The molecule has 0 heterocycles. The van der Waals surface area contributed by atoms with E-state index in [4.69, 9.17) is 0 Å². The van der Waals surface area contributed by atoms with Crippen molar-refractivity contribution in [1.82, 2.24) is 0 Å². The largest absolute Gasteiger partial charge is 0.0689 e. The first kappa shape index (κ1) is 38.9. The molecule has 49 heavy (non-hydrogen) atoms. The molecule has 0 aliphatic heterocycles. The molecule has 0 amide bonds. The smallest absolute Gasteiger partial charge is 0.0547 e. The molecule has 0 aromatic carbocycles. The molecular formula is C48H88Si. The highest BCUT2D eigenvalue weighted by Gasteiger charge is 2.63. The SMILES string of the molecule is CCCCC1C(C)C([Si](C)(C)C2C(C(C)C)CC3C(C4CCC(C(C)(C)C)CC4)CCCC32)C2CCCC(C3CCC(C(C)(C)C)CC3)C12. The Morgan fingerprint density at radius 2 is 1.08 bits per heavy atom. The summed E-state index contributed by atoms with van der Waals surface area (Å²) in [6.45, 7) is 31.9. The Balaban J connectivity index is 1.25. The predicted octanol–water partition coefficient (Wildman–Crippen LogP) is 15.3. The van der Waals surface area contributed by atoms with Gasteiger partial charge in [-0.05, 0) is 182 Å². The molecule has 11 unspecified atom stereocenters. The third kappa shape index (κ3) is 7.63. The summed E-state index contributed by atoms with van der Waals surface area (Å²) < 4.78 is 0. The van der Waals surface area contributed by atoms with E-state index in [-0.39, 0.29) is 0 Å². The van der Waals surface area contributed by atoms with Gasteiger partial charge in [-0.3, -0.25) is 0 Å². The maximum absolute atomic E-state index is 3.03. The van der Waals surface area contributed by atoms with E-state index in [9.17, 15) is 0 Å². The van der Waals surface area contributed by atoms with Gasteiger partial charge in [-0.2, -0.15) is 0 Å². The van der Waals surface area contributed by atoms with Crippen LogP contribution in [0.1, 0.15) is 185 Å². The van der Waals surface area contributed by atoms with Crippen LogP contribution in [0.2, 0.25) is 24.2 Å². The van der Waals surface area contributed by atoms with Crippen molar-refractivity contribution < 1.29 is 0 Å². The van der Waals surface area contributed by atoms with E-state index in [0.717, 1.165) is 93.9 Å². The van der Waals surface area contributed by atoms with Crippen molar-refractivity contribution in [3.8, 4) is 0 Å². The van der Waals surface area contributed by atoms with Crippen molar-refractivity contribution >= 4 is 8.07 Å². The van der Waals surface area contributed by atoms with Crippen LogP contribution in [0.4, 0.5) is 0 Å². The zero-order chi connectivity index (χ0) is 35.5. The van der Waals surface area contributed by atoms with Crippen LogP contribution in [0, 0.1) is 93.7 Å². The number of fused-ring (bicyclic) bond motifs is 2. The lowest BCUT2D eigenvalue weighted by atomic mass is 9.60. The molecule has 0 saturated heterocycles. The fourth-order valence-electron chi connectivity index (χ4n) is 16.4. The third-order valence-electron chi connectivity index (χ3n) is 18.6. The lowest BCUT2D eigenvalue weighted by Crippen LogP contribution is -2.48. The highest BCUT2D eigenvalue weighted by molar-refractivity contribution is 6.80. The van der Waals surface area contributed by atoms with Gasteiger partial charge in [-0.15, -0.1) is 0 Å². The average Bonchev–Trinajstić information content (AvgIpc) is 3.59. The summed E-state index contributed by atoms with van der Waals surface area (Å²) in [5.74, 6) is 14.3. The monoisotopic (exact) mass is 693 g/mol. The van der Waals surface area contributed by atoms with Crippen molar-refractivity contribution in [2.75, 3.05) is 0 Å². The number of unbranched alkanes of at least 4 members (excludes halogenated alkanes) is 1. The molecule has 0 aromatic rings. The molecule has 6 rings (SSSR count). The van der Waals surface area contributed by atoms with Gasteiger partial charge in [0.05, 0.1) is 8.07 Å². The van der Waals surface area contributed by atoms with E-state index < -0.39 is 8.07 Å². The molecule has 0 N–H and O–H groups in total. The summed E-state index contributed by atoms with van der Waals surface area (Å²) in [4.78, 5) is 0. The quantitative estimate of drug-likeness (QED) is 0.222. The van der Waals surface area contributed by atoms with E-state index in [1.54, 1.807) is 77.0 Å². The first-order valence-electron chi connectivity index (χ1n) is 23.1. The van der Waals surface area contributed by atoms with Crippen LogP contribution in [0.25, 0.3) is 0 Å². The topological polar surface area (TPSA) is 0 Å². The first-order chi connectivity index (χ1) is 23.1. The Labute approximate surface area is 309 Å². The first-order valence-corrected chi connectivity index (χ1v) is 26.2. The van der Waals surface area contributed by atoms with Crippen molar-refractivity contribution in [1.29, 1.82) is 0 Å². The summed E-state index contributed by atoms with van der Waals surface area (Å²) in [5.41, 5.74) is 3.18. The van der Waals surface area contributed by atoms with Gasteiger partial charge in [-0.1, -0.05) is 121 Å². The van der Waals surface area contributed by atoms with Gasteiger partial charge >= 0.3 is 0 Å². The maximum Gasteiger partial charge on any atom is 0.0547 e.